The molecule has 2 nitrogen and oxygen atoms in total. The van der Waals surface area contributed by atoms with Gasteiger partial charge in [0, 0.05) is 6.54 Å². The molecule has 0 aliphatic heterocycles. The summed E-state index contributed by atoms with van der Waals surface area (Å²) in [4.78, 5) is 0. The maximum Gasteiger partial charge on any atom is 0.198 e. The van der Waals surface area contributed by atoms with Gasteiger partial charge >= 0.3 is 0 Å². The first-order chi connectivity index (χ1) is 9.20. The second-order valence-electron chi connectivity index (χ2n) is 4.08. The van der Waals surface area contributed by atoms with Crippen molar-refractivity contribution >= 4 is 0 Å². The molecular weight excluding hydrogens is 248 g/mol. The van der Waals surface area contributed by atoms with Gasteiger partial charge in [0.05, 0.1) is 0 Å². The van der Waals surface area contributed by atoms with Gasteiger partial charge in [-0.05, 0) is 36.4 Å². The van der Waals surface area contributed by atoms with Crippen molar-refractivity contribution in [3.05, 3.63) is 59.7 Å². The first-order valence-electron chi connectivity index (χ1n) is 6.12. The zero-order chi connectivity index (χ0) is 13.7. The van der Waals surface area contributed by atoms with Crippen LogP contribution in [0.1, 0.15) is 12.5 Å². The van der Waals surface area contributed by atoms with Crippen LogP contribution < -0.4 is 10.1 Å². The van der Waals surface area contributed by atoms with E-state index in [1.165, 1.54) is 12.1 Å². The first-order valence-corrected chi connectivity index (χ1v) is 6.12. The number of halogens is 2. The third-order valence-corrected chi connectivity index (χ3v) is 2.60. The molecule has 0 unspecified atom stereocenters. The standard InChI is InChI=1S/C15H15F2NO/c1-2-18-10-11-8-13(16)15(14(17)9-11)19-12-6-4-3-5-7-12/h3-9,18H,2,10H2,1H3. The third kappa shape index (κ3) is 3.51. The molecule has 0 heterocycles. The topological polar surface area (TPSA) is 21.3 Å². The highest BCUT2D eigenvalue weighted by molar-refractivity contribution is 5.35. The average Bonchev–Trinajstić information content (AvgIpc) is 2.42. The lowest BCUT2D eigenvalue weighted by Crippen LogP contribution is -2.12. The molecule has 19 heavy (non-hydrogen) atoms. The van der Waals surface area contributed by atoms with Crippen molar-refractivity contribution in [1.29, 1.82) is 0 Å². The van der Waals surface area contributed by atoms with Crippen LogP contribution in [-0.2, 0) is 6.54 Å². The molecule has 0 atom stereocenters. The minimum atomic E-state index is -0.697. The minimum absolute atomic E-state index is 0.369. The van der Waals surface area contributed by atoms with Gasteiger partial charge in [-0.25, -0.2) is 8.78 Å². The van der Waals surface area contributed by atoms with E-state index in [1.807, 2.05) is 6.92 Å². The largest absolute Gasteiger partial charge is 0.451 e. The lowest BCUT2D eigenvalue weighted by atomic mass is 10.2. The molecule has 2 rings (SSSR count). The number of nitrogens with one attached hydrogen (secondary N) is 1. The van der Waals surface area contributed by atoms with Gasteiger partial charge in [0.1, 0.15) is 5.75 Å². The molecule has 0 radical (unpaired) electrons. The zero-order valence-electron chi connectivity index (χ0n) is 10.6. The average molecular weight is 263 g/mol. The van der Waals surface area contributed by atoms with E-state index in [2.05, 4.69) is 5.32 Å². The van der Waals surface area contributed by atoms with Crippen LogP contribution in [0.4, 0.5) is 8.78 Å². The maximum absolute atomic E-state index is 13.8. The Morgan fingerprint density at radius 2 is 1.68 bits per heavy atom. The fourth-order valence-corrected chi connectivity index (χ4v) is 1.69. The van der Waals surface area contributed by atoms with Crippen LogP contribution in [-0.4, -0.2) is 6.54 Å². The van der Waals surface area contributed by atoms with Crippen LogP contribution in [0.2, 0.25) is 0 Å². The lowest BCUT2D eigenvalue weighted by molar-refractivity contribution is 0.406. The van der Waals surface area contributed by atoms with E-state index in [0.717, 1.165) is 6.54 Å². The van der Waals surface area contributed by atoms with Crippen LogP contribution >= 0.6 is 0 Å². The van der Waals surface area contributed by atoms with Crippen molar-refractivity contribution in [3.63, 3.8) is 0 Å². The first kappa shape index (κ1) is 13.5. The Morgan fingerprint density at radius 1 is 1.05 bits per heavy atom. The third-order valence-electron chi connectivity index (χ3n) is 2.60. The number of hydrogen-bond donors (Lipinski definition) is 1. The molecule has 0 saturated heterocycles. The number of para-hydroxylation sites is 1. The molecule has 100 valence electrons. The summed E-state index contributed by atoms with van der Waals surface area (Å²) in [5.41, 5.74) is 0.553. The monoisotopic (exact) mass is 263 g/mol. The van der Waals surface area contributed by atoms with E-state index in [0.29, 0.717) is 17.9 Å². The van der Waals surface area contributed by atoms with Crippen molar-refractivity contribution in [2.24, 2.45) is 0 Å². The summed E-state index contributed by atoms with van der Waals surface area (Å²) < 4.78 is 32.9. The van der Waals surface area contributed by atoms with E-state index >= 15 is 0 Å². The van der Waals surface area contributed by atoms with Gasteiger partial charge in [0.25, 0.3) is 0 Å². The number of rotatable bonds is 5. The molecule has 4 heteroatoms. The number of hydrogen-bond acceptors (Lipinski definition) is 2. The Bertz CT molecular complexity index is 520. The highest BCUT2D eigenvalue weighted by Crippen LogP contribution is 2.28. The summed E-state index contributed by atoms with van der Waals surface area (Å²) in [6.45, 7) is 3.10. The van der Waals surface area contributed by atoms with E-state index in [-0.39, 0.29) is 5.75 Å². The molecule has 1 N–H and O–H groups in total. The maximum atomic E-state index is 13.8. The molecule has 0 aliphatic rings. The van der Waals surface area contributed by atoms with E-state index in [1.54, 1.807) is 30.3 Å². The van der Waals surface area contributed by atoms with Crippen molar-refractivity contribution in [2.45, 2.75) is 13.5 Å². The predicted octanol–water partition coefficient (Wildman–Crippen LogP) is 3.87. The molecule has 0 saturated carbocycles. The van der Waals surface area contributed by atoms with Gasteiger partial charge in [-0.2, -0.15) is 0 Å². The van der Waals surface area contributed by atoms with Gasteiger partial charge in [0.15, 0.2) is 17.4 Å². The van der Waals surface area contributed by atoms with Crippen molar-refractivity contribution in [2.75, 3.05) is 6.54 Å². The summed E-state index contributed by atoms with van der Waals surface area (Å²) in [6.07, 6.45) is 0. The lowest BCUT2D eigenvalue weighted by Gasteiger charge is -2.10. The Hall–Kier alpha value is -1.94. The van der Waals surface area contributed by atoms with Gasteiger partial charge in [-0.3, -0.25) is 0 Å². The normalized spacial score (nSPS) is 10.5. The summed E-state index contributed by atoms with van der Waals surface area (Å²) >= 11 is 0. The van der Waals surface area contributed by atoms with Gasteiger partial charge in [-0.15, -0.1) is 0 Å². The van der Waals surface area contributed by atoms with Crippen LogP contribution in [0.25, 0.3) is 0 Å². The van der Waals surface area contributed by atoms with Crippen LogP contribution in [0, 0.1) is 11.6 Å². The molecular formula is C15H15F2NO. The van der Waals surface area contributed by atoms with Crippen molar-refractivity contribution < 1.29 is 13.5 Å². The van der Waals surface area contributed by atoms with E-state index in [4.69, 9.17) is 4.74 Å². The molecule has 0 aliphatic carbocycles. The fraction of sp³-hybridized carbons (Fsp3) is 0.200. The number of ether oxygens (including phenoxy) is 1. The van der Waals surface area contributed by atoms with Gasteiger partial charge < -0.3 is 10.1 Å². The fourth-order valence-electron chi connectivity index (χ4n) is 1.69. The van der Waals surface area contributed by atoms with Crippen molar-refractivity contribution in [1.82, 2.24) is 5.32 Å². The Kier molecular flexibility index (Phi) is 4.47. The van der Waals surface area contributed by atoms with E-state index < -0.39 is 11.6 Å². The highest BCUT2D eigenvalue weighted by atomic mass is 19.1. The Balaban J connectivity index is 2.22. The molecule has 0 fully saturated rings. The molecule has 0 spiro atoms. The summed E-state index contributed by atoms with van der Waals surface area (Å²) in [5.74, 6) is -1.36. The zero-order valence-corrected chi connectivity index (χ0v) is 10.6. The summed E-state index contributed by atoms with van der Waals surface area (Å²) in [6, 6.07) is 11.1. The Morgan fingerprint density at radius 3 is 2.26 bits per heavy atom. The molecule has 2 aromatic rings. The van der Waals surface area contributed by atoms with Crippen LogP contribution in [0.5, 0.6) is 11.5 Å². The quantitative estimate of drug-likeness (QED) is 0.884. The van der Waals surface area contributed by atoms with Gasteiger partial charge in [-0.1, -0.05) is 25.1 Å². The summed E-state index contributed by atoms with van der Waals surface area (Å²) in [5, 5.41) is 3.01. The highest BCUT2D eigenvalue weighted by Gasteiger charge is 2.13. The summed E-state index contributed by atoms with van der Waals surface area (Å²) in [7, 11) is 0. The second kappa shape index (κ2) is 6.29. The molecule has 0 amide bonds. The smallest absolute Gasteiger partial charge is 0.198 e. The predicted molar refractivity (Wildman–Crippen MR) is 70.3 cm³/mol. The molecule has 2 aromatic carbocycles. The SMILES string of the molecule is CCNCc1cc(F)c(Oc2ccccc2)c(F)c1. The minimum Gasteiger partial charge on any atom is -0.451 e. The Labute approximate surface area is 111 Å². The van der Waals surface area contributed by atoms with Crippen molar-refractivity contribution in [3.8, 4) is 11.5 Å². The molecule has 0 aromatic heterocycles. The van der Waals surface area contributed by atoms with E-state index in [9.17, 15) is 8.78 Å². The molecule has 0 bridgehead atoms. The van der Waals surface area contributed by atoms with Crippen LogP contribution in [0.15, 0.2) is 42.5 Å². The second-order valence-corrected chi connectivity index (χ2v) is 4.08. The number of benzene rings is 2. The van der Waals surface area contributed by atoms with Crippen LogP contribution in [0.3, 0.4) is 0 Å². The van der Waals surface area contributed by atoms with Gasteiger partial charge in [0.2, 0.25) is 0 Å².